The summed E-state index contributed by atoms with van der Waals surface area (Å²) in [6.45, 7) is 4.47. The molecule has 0 radical (unpaired) electrons. The lowest BCUT2D eigenvalue weighted by Gasteiger charge is -2.25. The molecule has 1 heterocycles. The van der Waals surface area contributed by atoms with E-state index in [0.717, 1.165) is 11.1 Å². The van der Waals surface area contributed by atoms with Crippen molar-refractivity contribution in [3.05, 3.63) is 58.0 Å². The van der Waals surface area contributed by atoms with E-state index in [1.807, 2.05) is 12.1 Å². The number of aromatic nitrogens is 1. The van der Waals surface area contributed by atoms with Crippen LogP contribution in [0.3, 0.4) is 0 Å². The van der Waals surface area contributed by atoms with Crippen LogP contribution in [0.1, 0.15) is 43.7 Å². The first-order valence-electron chi connectivity index (χ1n) is 7.39. The van der Waals surface area contributed by atoms with Crippen molar-refractivity contribution in [2.24, 2.45) is 0 Å². The second-order valence-electron chi connectivity index (χ2n) is 6.27. The lowest BCUT2D eigenvalue weighted by atomic mass is 9.79. The van der Waals surface area contributed by atoms with E-state index in [1.165, 1.54) is 36.8 Å². The van der Waals surface area contributed by atoms with Gasteiger partial charge in [-0.1, -0.05) is 43.5 Å². The summed E-state index contributed by atoms with van der Waals surface area (Å²) in [5.74, 6) is 0. The van der Waals surface area contributed by atoms with Gasteiger partial charge in [0.1, 0.15) is 0 Å². The summed E-state index contributed by atoms with van der Waals surface area (Å²) in [6.07, 6.45) is 6.81. The van der Waals surface area contributed by atoms with Crippen molar-refractivity contribution < 1.29 is 0 Å². The highest BCUT2D eigenvalue weighted by atomic mass is 16.1. The summed E-state index contributed by atoms with van der Waals surface area (Å²) in [7, 11) is 0. The molecule has 0 bridgehead atoms. The second-order valence-corrected chi connectivity index (χ2v) is 6.27. The predicted octanol–water partition coefficient (Wildman–Crippen LogP) is 4.18. The predicted molar refractivity (Wildman–Crippen MR) is 83.1 cm³/mol. The molecule has 20 heavy (non-hydrogen) atoms. The molecule has 0 saturated heterocycles. The first-order valence-corrected chi connectivity index (χ1v) is 7.39. The fourth-order valence-electron chi connectivity index (χ4n) is 3.38. The van der Waals surface area contributed by atoms with Crippen LogP contribution in [0.5, 0.6) is 0 Å². The second kappa shape index (κ2) is 4.93. The van der Waals surface area contributed by atoms with Crippen LogP contribution in [0, 0.1) is 6.92 Å². The van der Waals surface area contributed by atoms with Gasteiger partial charge in [-0.15, -0.1) is 0 Å². The fourth-order valence-corrected chi connectivity index (χ4v) is 3.38. The Morgan fingerprint density at radius 2 is 1.90 bits per heavy atom. The average Bonchev–Trinajstić information content (AvgIpc) is 2.87. The normalized spacial score (nSPS) is 17.3. The smallest absolute Gasteiger partial charge is 0.255 e. The van der Waals surface area contributed by atoms with Gasteiger partial charge in [0.15, 0.2) is 0 Å². The third-order valence-electron chi connectivity index (χ3n) is 4.61. The molecule has 0 spiro atoms. The van der Waals surface area contributed by atoms with Crippen molar-refractivity contribution in [2.75, 3.05) is 0 Å². The maximum Gasteiger partial charge on any atom is 0.255 e. The van der Waals surface area contributed by atoms with Gasteiger partial charge in [-0.2, -0.15) is 0 Å². The van der Waals surface area contributed by atoms with Gasteiger partial charge < -0.3 is 4.98 Å². The first-order chi connectivity index (χ1) is 9.58. The number of hydrogen-bond donors (Lipinski definition) is 1. The Balaban J connectivity index is 2.12. The molecule has 1 fully saturated rings. The van der Waals surface area contributed by atoms with Gasteiger partial charge >= 0.3 is 0 Å². The molecule has 1 aromatic carbocycles. The number of rotatable bonds is 2. The lowest BCUT2D eigenvalue weighted by Crippen LogP contribution is -2.17. The molecule has 0 amide bonds. The van der Waals surface area contributed by atoms with Gasteiger partial charge in [-0.25, -0.2) is 0 Å². The Morgan fingerprint density at radius 1 is 1.15 bits per heavy atom. The summed E-state index contributed by atoms with van der Waals surface area (Å²) in [5, 5.41) is 0. The van der Waals surface area contributed by atoms with Crippen molar-refractivity contribution in [1.82, 2.24) is 4.98 Å². The number of hydrogen-bond acceptors (Lipinski definition) is 1. The number of benzene rings is 1. The van der Waals surface area contributed by atoms with Crippen LogP contribution in [0.25, 0.3) is 11.1 Å². The zero-order valence-electron chi connectivity index (χ0n) is 12.2. The number of aromatic amines is 1. The first kappa shape index (κ1) is 13.2. The molecule has 104 valence electrons. The van der Waals surface area contributed by atoms with Gasteiger partial charge in [0.2, 0.25) is 0 Å². The number of aryl methyl sites for hydroxylation is 1. The van der Waals surface area contributed by atoms with Crippen LogP contribution in [0.15, 0.2) is 41.3 Å². The Labute approximate surface area is 119 Å². The molecule has 2 heteroatoms. The zero-order valence-corrected chi connectivity index (χ0v) is 12.2. The molecule has 1 N–H and O–H groups in total. The molecular formula is C18H21NO. The third kappa shape index (κ3) is 2.31. The molecule has 1 aromatic heterocycles. The van der Waals surface area contributed by atoms with Crippen molar-refractivity contribution >= 4 is 0 Å². The summed E-state index contributed by atoms with van der Waals surface area (Å²) in [4.78, 5) is 14.7. The molecule has 0 aliphatic heterocycles. The molecule has 2 nitrogen and oxygen atoms in total. The van der Waals surface area contributed by atoms with E-state index >= 15 is 0 Å². The largest absolute Gasteiger partial charge is 0.329 e. The van der Waals surface area contributed by atoms with Gasteiger partial charge in [0.25, 0.3) is 5.56 Å². The van der Waals surface area contributed by atoms with Crippen molar-refractivity contribution in [2.45, 2.75) is 44.9 Å². The van der Waals surface area contributed by atoms with Crippen LogP contribution in [-0.2, 0) is 5.41 Å². The van der Waals surface area contributed by atoms with Gasteiger partial charge in [0.05, 0.1) is 0 Å². The highest BCUT2D eigenvalue weighted by Crippen LogP contribution is 2.41. The van der Waals surface area contributed by atoms with Gasteiger partial charge in [-0.3, -0.25) is 4.79 Å². The van der Waals surface area contributed by atoms with Crippen molar-refractivity contribution in [1.29, 1.82) is 0 Å². The van der Waals surface area contributed by atoms with Crippen LogP contribution in [0.2, 0.25) is 0 Å². The minimum absolute atomic E-state index is 0.0133. The minimum atomic E-state index is -0.0133. The lowest BCUT2D eigenvalue weighted by molar-refractivity contribution is 0.491. The quantitative estimate of drug-likeness (QED) is 0.869. The van der Waals surface area contributed by atoms with Gasteiger partial charge in [-0.05, 0) is 48.4 Å². The van der Waals surface area contributed by atoms with Crippen molar-refractivity contribution in [3.63, 3.8) is 0 Å². The highest BCUT2D eigenvalue weighted by molar-refractivity contribution is 5.64. The van der Waals surface area contributed by atoms with Gasteiger partial charge in [0, 0.05) is 11.8 Å². The Hall–Kier alpha value is -1.83. The highest BCUT2D eigenvalue weighted by Gasteiger charge is 2.30. The summed E-state index contributed by atoms with van der Waals surface area (Å²) < 4.78 is 0. The molecule has 2 aromatic rings. The molecule has 1 saturated carbocycles. The molecule has 0 unspecified atom stereocenters. The molecule has 1 aliphatic carbocycles. The summed E-state index contributed by atoms with van der Waals surface area (Å²) in [5.41, 5.74) is 4.68. The minimum Gasteiger partial charge on any atom is -0.329 e. The Morgan fingerprint density at radius 3 is 2.60 bits per heavy atom. The Bertz CT molecular complexity index is 678. The van der Waals surface area contributed by atoms with Crippen LogP contribution < -0.4 is 5.56 Å². The summed E-state index contributed by atoms with van der Waals surface area (Å²) in [6, 6.07) is 10.4. The Kier molecular flexibility index (Phi) is 3.25. The van der Waals surface area contributed by atoms with Crippen LogP contribution in [0.4, 0.5) is 0 Å². The zero-order chi connectivity index (χ0) is 14.2. The van der Waals surface area contributed by atoms with E-state index in [4.69, 9.17) is 0 Å². The van der Waals surface area contributed by atoms with Crippen LogP contribution in [-0.4, -0.2) is 4.98 Å². The van der Waals surface area contributed by atoms with Crippen LogP contribution >= 0.6 is 0 Å². The van der Waals surface area contributed by atoms with E-state index in [0.29, 0.717) is 0 Å². The number of H-pyrrole nitrogens is 1. The number of nitrogens with one attached hydrogen (secondary N) is 1. The monoisotopic (exact) mass is 267 g/mol. The van der Waals surface area contributed by atoms with E-state index in [-0.39, 0.29) is 11.0 Å². The molecular weight excluding hydrogens is 246 g/mol. The SMILES string of the molecule is Cc1cc(-c2ccc[nH]c2=O)cc(C2(C)CCCC2)c1. The summed E-state index contributed by atoms with van der Waals surface area (Å²) >= 11 is 0. The molecule has 3 rings (SSSR count). The van der Waals surface area contributed by atoms with E-state index in [1.54, 1.807) is 6.20 Å². The maximum absolute atomic E-state index is 12.0. The standard InChI is InChI=1S/C18H21NO/c1-13-10-14(16-6-5-9-19-17(16)20)12-15(11-13)18(2)7-3-4-8-18/h5-6,9-12H,3-4,7-8H2,1-2H3,(H,19,20). The molecule has 0 atom stereocenters. The third-order valence-corrected chi connectivity index (χ3v) is 4.61. The van der Waals surface area contributed by atoms with Crippen molar-refractivity contribution in [3.8, 4) is 11.1 Å². The van der Waals surface area contributed by atoms with E-state index in [2.05, 4.69) is 37.0 Å². The maximum atomic E-state index is 12.0. The molecule has 1 aliphatic rings. The van der Waals surface area contributed by atoms with E-state index in [9.17, 15) is 4.79 Å². The average molecular weight is 267 g/mol. The number of pyridine rings is 1. The van der Waals surface area contributed by atoms with E-state index < -0.39 is 0 Å². The fraction of sp³-hybridized carbons (Fsp3) is 0.389. The topological polar surface area (TPSA) is 32.9 Å².